The van der Waals surface area contributed by atoms with Crippen LogP contribution in [-0.4, -0.2) is 29.9 Å². The first-order valence-electron chi connectivity index (χ1n) is 8.78. The van der Waals surface area contributed by atoms with E-state index in [0.29, 0.717) is 11.2 Å². The molecule has 144 valence electrons. The van der Waals surface area contributed by atoms with Crippen LogP contribution >= 0.6 is 0 Å². The van der Waals surface area contributed by atoms with Crippen molar-refractivity contribution in [2.45, 2.75) is 6.17 Å². The summed E-state index contributed by atoms with van der Waals surface area (Å²) in [5, 5.41) is 12.7. The van der Waals surface area contributed by atoms with Gasteiger partial charge < -0.3 is 9.40 Å². The van der Waals surface area contributed by atoms with Gasteiger partial charge in [0.05, 0.1) is 11.8 Å². The van der Waals surface area contributed by atoms with Gasteiger partial charge >= 0.3 is 0 Å². The maximum atomic E-state index is 14.7. The van der Waals surface area contributed by atoms with Gasteiger partial charge in [0.2, 0.25) is 12.1 Å². The Morgan fingerprint density at radius 3 is 2.83 bits per heavy atom. The largest absolute Gasteiger partial charge is 0.417 e. The highest BCUT2D eigenvalue weighted by atomic mass is 19.1. The molecule has 0 bridgehead atoms. The first kappa shape index (κ1) is 17.2. The zero-order valence-electron chi connectivity index (χ0n) is 15.2. The number of aromatic nitrogens is 6. The minimum Gasteiger partial charge on any atom is -0.417 e. The van der Waals surface area contributed by atoms with E-state index in [2.05, 4.69) is 25.3 Å². The highest BCUT2D eigenvalue weighted by molar-refractivity contribution is 5.93. The minimum absolute atomic E-state index is 0.111. The average molecular weight is 392 g/mol. The van der Waals surface area contributed by atoms with E-state index in [1.54, 1.807) is 23.3 Å². The van der Waals surface area contributed by atoms with Gasteiger partial charge in [0.15, 0.2) is 0 Å². The molecule has 1 N–H and O–H groups in total. The van der Waals surface area contributed by atoms with Crippen LogP contribution in [0.5, 0.6) is 0 Å². The normalized spacial score (nSPS) is 12.5. The van der Waals surface area contributed by atoms with Crippen LogP contribution in [0.15, 0.2) is 59.5 Å². The maximum Gasteiger partial charge on any atom is 0.255 e. The lowest BCUT2D eigenvalue weighted by Crippen LogP contribution is -1.95. The molecular formula is C20H14F2N6O. The van der Waals surface area contributed by atoms with E-state index in [9.17, 15) is 8.78 Å². The van der Waals surface area contributed by atoms with Gasteiger partial charge in [-0.2, -0.15) is 5.10 Å². The summed E-state index contributed by atoms with van der Waals surface area (Å²) < 4.78 is 35.3. The van der Waals surface area contributed by atoms with Gasteiger partial charge in [-0.3, -0.25) is 4.68 Å². The third-order valence-corrected chi connectivity index (χ3v) is 4.60. The van der Waals surface area contributed by atoms with Gasteiger partial charge in [0.25, 0.3) is 5.89 Å². The average Bonchev–Trinajstić information content (AvgIpc) is 3.46. The summed E-state index contributed by atoms with van der Waals surface area (Å²) in [5.41, 5.74) is 3.13. The van der Waals surface area contributed by atoms with Crippen LogP contribution < -0.4 is 0 Å². The number of pyridine rings is 1. The van der Waals surface area contributed by atoms with E-state index in [1.807, 2.05) is 19.3 Å². The van der Waals surface area contributed by atoms with Crippen LogP contribution in [0.2, 0.25) is 0 Å². The predicted molar refractivity (Wildman–Crippen MR) is 101 cm³/mol. The second kappa shape index (κ2) is 6.62. The fourth-order valence-corrected chi connectivity index (χ4v) is 3.16. The molecule has 0 amide bonds. The summed E-state index contributed by atoms with van der Waals surface area (Å²) in [6.45, 7) is 0. The molecule has 0 saturated heterocycles. The number of nitrogens with zero attached hydrogens (tertiary/aromatic N) is 5. The van der Waals surface area contributed by atoms with E-state index < -0.39 is 12.0 Å². The number of benzene rings is 1. The Labute approximate surface area is 163 Å². The highest BCUT2D eigenvalue weighted by Gasteiger charge is 2.22. The van der Waals surface area contributed by atoms with E-state index >= 15 is 0 Å². The maximum absolute atomic E-state index is 14.7. The Balaban J connectivity index is 1.53. The van der Waals surface area contributed by atoms with Crippen molar-refractivity contribution >= 4 is 11.0 Å². The molecule has 0 aliphatic rings. The second-order valence-electron chi connectivity index (χ2n) is 6.59. The summed E-state index contributed by atoms with van der Waals surface area (Å²) in [4.78, 5) is 7.46. The molecular weight excluding hydrogens is 378 g/mol. The smallest absolute Gasteiger partial charge is 0.255 e. The van der Waals surface area contributed by atoms with Crippen LogP contribution in [0.25, 0.3) is 33.6 Å². The van der Waals surface area contributed by atoms with Crippen LogP contribution in [-0.2, 0) is 7.05 Å². The second-order valence-corrected chi connectivity index (χ2v) is 6.59. The summed E-state index contributed by atoms with van der Waals surface area (Å²) in [6, 6.07) is 7.17. The van der Waals surface area contributed by atoms with Crippen molar-refractivity contribution in [1.29, 1.82) is 0 Å². The number of nitrogens with one attached hydrogen (secondary N) is 1. The SMILES string of the molecule is Cn1cc(-c2cnc3[nH]cc(-c4nnc(C(F)c5cccc(F)c5)o4)c3c2)cn1. The summed E-state index contributed by atoms with van der Waals surface area (Å²) in [7, 11) is 1.84. The molecule has 4 heterocycles. The molecule has 0 aliphatic carbocycles. The Hall–Kier alpha value is -3.88. The topological polar surface area (TPSA) is 85.4 Å². The van der Waals surface area contributed by atoms with Gasteiger partial charge in [0, 0.05) is 42.2 Å². The van der Waals surface area contributed by atoms with E-state index in [4.69, 9.17) is 4.42 Å². The van der Waals surface area contributed by atoms with E-state index in [0.717, 1.165) is 22.6 Å². The van der Waals surface area contributed by atoms with Crippen molar-refractivity contribution in [2.24, 2.45) is 7.05 Å². The number of aromatic amines is 1. The van der Waals surface area contributed by atoms with Gasteiger partial charge in [-0.1, -0.05) is 12.1 Å². The van der Waals surface area contributed by atoms with Crippen molar-refractivity contribution in [3.8, 4) is 22.6 Å². The Morgan fingerprint density at radius 2 is 2.03 bits per heavy atom. The van der Waals surface area contributed by atoms with Crippen molar-refractivity contribution in [2.75, 3.05) is 0 Å². The van der Waals surface area contributed by atoms with Crippen LogP contribution in [0.4, 0.5) is 8.78 Å². The monoisotopic (exact) mass is 392 g/mol. The lowest BCUT2D eigenvalue weighted by molar-refractivity contribution is 0.323. The standard InChI is InChI=1S/C20H14F2N6O/c1-28-10-13(8-25-28)12-6-15-16(9-24-18(15)23-7-12)19-26-27-20(29-19)17(22)11-3-2-4-14(21)5-11/h2-10,17H,1H3,(H,23,24). The molecule has 0 fully saturated rings. The molecule has 4 aromatic heterocycles. The highest BCUT2D eigenvalue weighted by Crippen LogP contribution is 2.32. The number of hydrogen-bond acceptors (Lipinski definition) is 5. The molecule has 1 unspecified atom stereocenters. The molecule has 0 aliphatic heterocycles. The number of aryl methyl sites for hydroxylation is 1. The fraction of sp³-hybridized carbons (Fsp3) is 0.100. The van der Waals surface area contributed by atoms with Gasteiger partial charge in [-0.25, -0.2) is 13.8 Å². The summed E-state index contributed by atoms with van der Waals surface area (Å²) in [5.74, 6) is -0.623. The third-order valence-electron chi connectivity index (χ3n) is 4.60. The molecule has 7 nitrogen and oxygen atoms in total. The fourth-order valence-electron chi connectivity index (χ4n) is 3.16. The molecule has 0 radical (unpaired) electrons. The van der Waals surface area contributed by atoms with Crippen molar-refractivity contribution in [3.63, 3.8) is 0 Å². The minimum atomic E-state index is -1.72. The number of halogens is 2. The van der Waals surface area contributed by atoms with Gasteiger partial charge in [0.1, 0.15) is 11.5 Å². The van der Waals surface area contributed by atoms with Crippen LogP contribution in [0.3, 0.4) is 0 Å². The summed E-state index contributed by atoms with van der Waals surface area (Å²) in [6.07, 6.45) is 5.32. The Kier molecular flexibility index (Phi) is 3.94. The molecule has 1 aromatic carbocycles. The van der Waals surface area contributed by atoms with Gasteiger partial charge in [-0.05, 0) is 23.8 Å². The first-order valence-corrected chi connectivity index (χ1v) is 8.78. The van der Waals surface area contributed by atoms with E-state index in [-0.39, 0.29) is 17.3 Å². The molecule has 1 atom stereocenters. The molecule has 0 spiro atoms. The number of fused-ring (bicyclic) bond motifs is 1. The number of hydrogen-bond donors (Lipinski definition) is 1. The predicted octanol–water partition coefficient (Wildman–Crippen LogP) is 4.21. The Bertz CT molecular complexity index is 1320. The Morgan fingerprint density at radius 1 is 1.14 bits per heavy atom. The molecule has 0 saturated carbocycles. The van der Waals surface area contributed by atoms with Crippen molar-refractivity contribution < 1.29 is 13.2 Å². The van der Waals surface area contributed by atoms with E-state index in [1.165, 1.54) is 18.2 Å². The van der Waals surface area contributed by atoms with Crippen molar-refractivity contribution in [3.05, 3.63) is 72.4 Å². The van der Waals surface area contributed by atoms with Crippen LogP contribution in [0.1, 0.15) is 17.6 Å². The molecule has 5 aromatic rings. The van der Waals surface area contributed by atoms with Gasteiger partial charge in [-0.15, -0.1) is 10.2 Å². The molecule has 9 heteroatoms. The quantitative estimate of drug-likeness (QED) is 0.495. The zero-order valence-corrected chi connectivity index (χ0v) is 15.2. The lowest BCUT2D eigenvalue weighted by Gasteiger charge is -2.03. The van der Waals surface area contributed by atoms with Crippen LogP contribution in [0, 0.1) is 5.82 Å². The van der Waals surface area contributed by atoms with Crippen molar-refractivity contribution in [1.82, 2.24) is 29.9 Å². The zero-order chi connectivity index (χ0) is 20.0. The number of rotatable bonds is 4. The first-order chi connectivity index (χ1) is 14.1. The molecule has 5 rings (SSSR count). The molecule has 29 heavy (non-hydrogen) atoms. The lowest BCUT2D eigenvalue weighted by atomic mass is 10.1. The summed E-state index contributed by atoms with van der Waals surface area (Å²) >= 11 is 0. The number of alkyl halides is 1. The third kappa shape index (κ3) is 3.06. The number of H-pyrrole nitrogens is 1.